The molecule has 2 aromatic carbocycles. The average molecular weight is 448 g/mol. The number of hydrogen-bond acceptors (Lipinski definition) is 4. The molecule has 2 unspecified atom stereocenters. The molecule has 0 radical (unpaired) electrons. The predicted molar refractivity (Wildman–Crippen MR) is 137 cm³/mol. The van der Waals surface area contributed by atoms with Crippen molar-refractivity contribution >= 4 is 23.4 Å². The third-order valence-corrected chi connectivity index (χ3v) is 7.00. The number of carbonyl (C=O) groups is 1. The fraction of sp³-hybridized carbons (Fsp3) is 0.464. The summed E-state index contributed by atoms with van der Waals surface area (Å²) in [4.78, 5) is 20.0. The molecule has 1 amide bonds. The van der Waals surface area contributed by atoms with Gasteiger partial charge in [-0.15, -0.1) is 0 Å². The largest absolute Gasteiger partial charge is 0.486 e. The van der Waals surface area contributed by atoms with Gasteiger partial charge < -0.3 is 14.5 Å². The van der Waals surface area contributed by atoms with E-state index >= 15 is 0 Å². The second-order valence-corrected chi connectivity index (χ2v) is 10.4. The van der Waals surface area contributed by atoms with Crippen LogP contribution in [0.1, 0.15) is 45.7 Å². The molecule has 4 rings (SSSR count). The van der Waals surface area contributed by atoms with Gasteiger partial charge in [0, 0.05) is 42.1 Å². The zero-order valence-corrected chi connectivity index (χ0v) is 20.8. The lowest BCUT2D eigenvalue weighted by molar-refractivity contribution is -0.120. The van der Waals surface area contributed by atoms with Crippen LogP contribution in [0.5, 0.6) is 0 Å². The Bertz CT molecular complexity index is 1010. The van der Waals surface area contributed by atoms with Crippen LogP contribution < -0.4 is 9.80 Å². The number of rotatable bonds is 3. The molecule has 2 saturated heterocycles. The molecule has 0 saturated carbocycles. The van der Waals surface area contributed by atoms with Crippen molar-refractivity contribution in [3.05, 3.63) is 65.4 Å². The summed E-state index contributed by atoms with van der Waals surface area (Å²) in [6.07, 6.45) is 1.92. The number of benzene rings is 2. The van der Waals surface area contributed by atoms with E-state index in [2.05, 4.69) is 81.8 Å². The zero-order chi connectivity index (χ0) is 23.8. The number of piperazine rings is 1. The molecule has 2 aliphatic heterocycles. The fourth-order valence-electron chi connectivity index (χ4n) is 4.67. The molecule has 33 heavy (non-hydrogen) atoms. The van der Waals surface area contributed by atoms with Crippen LogP contribution in [0.3, 0.4) is 0 Å². The molecule has 2 aromatic rings. The van der Waals surface area contributed by atoms with Crippen LogP contribution in [0.4, 0.5) is 11.4 Å². The number of ether oxygens (including phenoxy) is 1. The molecule has 2 fully saturated rings. The molecule has 5 nitrogen and oxygen atoms in total. The number of likely N-dealkylation sites (N-methyl/N-ethyl adjacent to an activating group) is 1. The number of anilines is 2. The number of nitrogens with zero attached hydrogens (tertiary/aromatic N) is 3. The first-order chi connectivity index (χ1) is 15.6. The summed E-state index contributed by atoms with van der Waals surface area (Å²) in [5, 5.41) is 0. The number of carbonyl (C=O) groups excluding carboxylic acids is 1. The lowest BCUT2D eigenvalue weighted by Gasteiger charge is -2.44. The Morgan fingerprint density at radius 2 is 1.61 bits per heavy atom. The minimum absolute atomic E-state index is 0.0836. The van der Waals surface area contributed by atoms with E-state index in [1.165, 1.54) is 5.56 Å². The lowest BCUT2D eigenvalue weighted by atomic mass is 9.87. The monoisotopic (exact) mass is 447 g/mol. The molecular formula is C28H37N3O2. The molecule has 2 aliphatic rings. The van der Waals surface area contributed by atoms with Crippen LogP contribution in [0, 0.1) is 0 Å². The molecule has 2 heterocycles. The number of para-hydroxylation sites is 1. The molecule has 5 heteroatoms. The third-order valence-electron chi connectivity index (χ3n) is 7.00. The highest BCUT2D eigenvalue weighted by molar-refractivity contribution is 6.07. The van der Waals surface area contributed by atoms with Crippen LogP contribution in [0.25, 0.3) is 6.08 Å². The van der Waals surface area contributed by atoms with Gasteiger partial charge in [-0.05, 0) is 56.1 Å². The normalized spacial score (nSPS) is 23.7. The molecule has 0 aliphatic carbocycles. The van der Waals surface area contributed by atoms with E-state index in [0.29, 0.717) is 31.0 Å². The molecule has 2 atom stereocenters. The second kappa shape index (κ2) is 9.22. The predicted octanol–water partition coefficient (Wildman–Crippen LogP) is 4.92. The van der Waals surface area contributed by atoms with Gasteiger partial charge in [0.25, 0.3) is 5.91 Å². The van der Waals surface area contributed by atoms with Gasteiger partial charge in [-0.1, -0.05) is 51.1 Å². The van der Waals surface area contributed by atoms with E-state index in [9.17, 15) is 4.79 Å². The van der Waals surface area contributed by atoms with Gasteiger partial charge in [0.15, 0.2) is 5.76 Å². The highest BCUT2D eigenvalue weighted by Crippen LogP contribution is 2.30. The van der Waals surface area contributed by atoms with E-state index in [4.69, 9.17) is 4.74 Å². The Morgan fingerprint density at radius 1 is 0.970 bits per heavy atom. The maximum atomic E-state index is 13.4. The Morgan fingerprint density at radius 3 is 2.24 bits per heavy atom. The zero-order valence-electron chi connectivity index (χ0n) is 20.8. The molecule has 0 bridgehead atoms. The number of amides is 1. The first-order valence-electron chi connectivity index (χ1n) is 12.0. The van der Waals surface area contributed by atoms with Crippen LogP contribution in [-0.4, -0.2) is 56.2 Å². The quantitative estimate of drug-likeness (QED) is 0.626. The topological polar surface area (TPSA) is 36.0 Å². The summed E-state index contributed by atoms with van der Waals surface area (Å²) in [7, 11) is 2.19. The fourth-order valence-corrected chi connectivity index (χ4v) is 4.67. The minimum atomic E-state index is -0.0836. The number of morpholine rings is 1. The van der Waals surface area contributed by atoms with Gasteiger partial charge in [0.1, 0.15) is 6.61 Å². The highest BCUT2D eigenvalue weighted by atomic mass is 16.5. The SMILES string of the molecule is CC1CN(c2ccccc2C=C2OCCN(c3ccc(C(C)(C)C)cc3)C2=O)CC(C)N1C. The van der Waals surface area contributed by atoms with E-state index < -0.39 is 0 Å². The molecule has 0 N–H and O–H groups in total. The standard InChI is InChI=1S/C28H37N3O2/c1-20-18-30(19-21(2)29(20)6)25-10-8-7-9-22(25)17-26-27(32)31(15-16-33-26)24-13-11-23(12-14-24)28(3,4)5/h7-14,17,20-21H,15-16,18-19H2,1-6H3. The van der Waals surface area contributed by atoms with E-state index in [-0.39, 0.29) is 11.3 Å². The average Bonchev–Trinajstić information content (AvgIpc) is 2.78. The Balaban J connectivity index is 1.59. The Kier molecular flexibility index (Phi) is 6.53. The second-order valence-electron chi connectivity index (χ2n) is 10.4. The van der Waals surface area contributed by atoms with Crippen molar-refractivity contribution in [3.8, 4) is 0 Å². The van der Waals surface area contributed by atoms with Crippen LogP contribution in [0.15, 0.2) is 54.3 Å². The smallest absolute Gasteiger partial charge is 0.293 e. The summed E-state index contributed by atoms with van der Waals surface area (Å²) >= 11 is 0. The molecular weight excluding hydrogens is 410 g/mol. The van der Waals surface area contributed by atoms with Crippen molar-refractivity contribution < 1.29 is 9.53 Å². The van der Waals surface area contributed by atoms with Crippen molar-refractivity contribution in [2.24, 2.45) is 0 Å². The van der Waals surface area contributed by atoms with Gasteiger partial charge in [0.2, 0.25) is 0 Å². The summed E-state index contributed by atoms with van der Waals surface area (Å²) in [5.41, 5.74) is 4.43. The van der Waals surface area contributed by atoms with Gasteiger partial charge >= 0.3 is 0 Å². The van der Waals surface area contributed by atoms with Crippen LogP contribution >= 0.6 is 0 Å². The van der Waals surface area contributed by atoms with Gasteiger partial charge in [0.05, 0.1) is 6.54 Å². The number of hydrogen-bond donors (Lipinski definition) is 0. The Labute approximate surface area is 198 Å². The van der Waals surface area contributed by atoms with E-state index in [1.54, 1.807) is 0 Å². The summed E-state index contributed by atoms with van der Waals surface area (Å²) < 4.78 is 5.87. The van der Waals surface area contributed by atoms with E-state index in [1.807, 2.05) is 29.2 Å². The van der Waals surface area contributed by atoms with E-state index in [0.717, 1.165) is 30.0 Å². The first kappa shape index (κ1) is 23.4. The van der Waals surface area contributed by atoms with Crippen molar-refractivity contribution in [3.63, 3.8) is 0 Å². The maximum Gasteiger partial charge on any atom is 0.293 e. The highest BCUT2D eigenvalue weighted by Gasteiger charge is 2.29. The Hall–Kier alpha value is -2.79. The summed E-state index contributed by atoms with van der Waals surface area (Å²) in [6.45, 7) is 14.1. The lowest BCUT2D eigenvalue weighted by Crippen LogP contribution is -2.55. The van der Waals surface area contributed by atoms with Gasteiger partial charge in [-0.25, -0.2) is 0 Å². The van der Waals surface area contributed by atoms with Gasteiger partial charge in [-0.3, -0.25) is 9.69 Å². The molecule has 176 valence electrons. The van der Waals surface area contributed by atoms with Crippen molar-refractivity contribution in [1.29, 1.82) is 0 Å². The summed E-state index contributed by atoms with van der Waals surface area (Å²) in [6, 6.07) is 17.6. The van der Waals surface area contributed by atoms with Gasteiger partial charge in [-0.2, -0.15) is 0 Å². The van der Waals surface area contributed by atoms with Crippen molar-refractivity contribution in [1.82, 2.24) is 4.90 Å². The van der Waals surface area contributed by atoms with Crippen LogP contribution in [0.2, 0.25) is 0 Å². The molecule has 0 aromatic heterocycles. The summed E-state index contributed by atoms with van der Waals surface area (Å²) in [5.74, 6) is 0.323. The van der Waals surface area contributed by atoms with Crippen LogP contribution in [-0.2, 0) is 14.9 Å². The first-order valence-corrected chi connectivity index (χ1v) is 12.0. The molecule has 0 spiro atoms. The third kappa shape index (κ3) is 4.93. The van der Waals surface area contributed by atoms with Crippen molar-refractivity contribution in [2.45, 2.75) is 52.1 Å². The minimum Gasteiger partial charge on any atom is -0.486 e. The van der Waals surface area contributed by atoms with Crippen molar-refractivity contribution in [2.75, 3.05) is 43.1 Å². The maximum absolute atomic E-state index is 13.4.